The summed E-state index contributed by atoms with van der Waals surface area (Å²) < 4.78 is 33.2. The molecule has 1 aliphatic rings. The number of nitro groups is 1. The summed E-state index contributed by atoms with van der Waals surface area (Å²) in [5, 5.41) is 11.6. The molecule has 1 amide bonds. The number of hydrogen-bond acceptors (Lipinski definition) is 5. The van der Waals surface area contributed by atoms with E-state index in [9.17, 15) is 23.7 Å². The second kappa shape index (κ2) is 7.75. The number of nitro benzene ring substituents is 1. The zero-order chi connectivity index (χ0) is 20.5. The first-order valence-electron chi connectivity index (χ1n) is 8.99. The minimum atomic E-state index is -0.747. The van der Waals surface area contributed by atoms with Gasteiger partial charge in [-0.15, -0.1) is 11.3 Å². The van der Waals surface area contributed by atoms with Crippen LogP contribution in [0.15, 0.2) is 42.5 Å². The van der Waals surface area contributed by atoms with E-state index >= 15 is 0 Å². The van der Waals surface area contributed by atoms with Crippen LogP contribution in [-0.4, -0.2) is 34.9 Å². The summed E-state index contributed by atoms with van der Waals surface area (Å²) in [6.07, 6.45) is 0.793. The summed E-state index contributed by atoms with van der Waals surface area (Å²) in [6, 6.07) is 9.38. The SMILES string of the molecule is O=C(c1cc2cc([N+](=O)[O-])ccc2s1)N1CCC(Oc2ccc(F)cc2F)CC1. The van der Waals surface area contributed by atoms with E-state index in [4.69, 9.17) is 4.74 Å². The maximum Gasteiger partial charge on any atom is 0.270 e. The van der Waals surface area contributed by atoms with E-state index < -0.39 is 16.6 Å². The molecular weight excluding hydrogens is 402 g/mol. The molecule has 4 rings (SSSR count). The summed E-state index contributed by atoms with van der Waals surface area (Å²) in [6.45, 7) is 0.890. The molecule has 1 aliphatic heterocycles. The highest BCUT2D eigenvalue weighted by Crippen LogP contribution is 2.30. The lowest BCUT2D eigenvalue weighted by molar-refractivity contribution is -0.384. The van der Waals surface area contributed by atoms with E-state index in [-0.39, 0.29) is 23.4 Å². The number of non-ortho nitro benzene ring substituents is 1. The molecule has 2 aromatic carbocycles. The summed E-state index contributed by atoms with van der Waals surface area (Å²) >= 11 is 1.30. The van der Waals surface area contributed by atoms with Crippen molar-refractivity contribution >= 4 is 33.0 Å². The summed E-state index contributed by atoms with van der Waals surface area (Å²) in [7, 11) is 0. The third-order valence-electron chi connectivity index (χ3n) is 4.84. The molecule has 0 radical (unpaired) electrons. The zero-order valence-corrected chi connectivity index (χ0v) is 16.0. The van der Waals surface area contributed by atoms with E-state index in [1.807, 2.05) is 0 Å². The lowest BCUT2D eigenvalue weighted by atomic mass is 10.1. The lowest BCUT2D eigenvalue weighted by Crippen LogP contribution is -2.41. The average Bonchev–Trinajstić information content (AvgIpc) is 3.13. The van der Waals surface area contributed by atoms with Crippen LogP contribution in [0.25, 0.3) is 10.1 Å². The number of nitrogens with zero attached hydrogens (tertiary/aromatic N) is 2. The van der Waals surface area contributed by atoms with Gasteiger partial charge in [0, 0.05) is 54.2 Å². The van der Waals surface area contributed by atoms with Crippen LogP contribution in [0.1, 0.15) is 22.5 Å². The van der Waals surface area contributed by atoms with Gasteiger partial charge in [-0.1, -0.05) is 0 Å². The number of piperidine rings is 1. The van der Waals surface area contributed by atoms with E-state index in [0.29, 0.717) is 36.2 Å². The molecular formula is C20H16F2N2O4S. The first kappa shape index (κ1) is 19.3. The number of ether oxygens (including phenoxy) is 1. The molecule has 0 saturated carbocycles. The lowest BCUT2D eigenvalue weighted by Gasteiger charge is -2.32. The number of benzene rings is 2. The Morgan fingerprint density at radius 3 is 2.59 bits per heavy atom. The summed E-state index contributed by atoms with van der Waals surface area (Å²) in [5.74, 6) is -1.55. The van der Waals surface area contributed by atoms with Crippen LogP contribution in [-0.2, 0) is 0 Å². The van der Waals surface area contributed by atoms with Crippen molar-refractivity contribution in [1.29, 1.82) is 0 Å². The number of likely N-dealkylation sites (tertiary alicyclic amines) is 1. The highest BCUT2D eigenvalue weighted by atomic mass is 32.1. The number of halogens is 2. The molecule has 0 aliphatic carbocycles. The molecule has 6 nitrogen and oxygen atoms in total. The Hall–Kier alpha value is -3.07. The Labute approximate surface area is 168 Å². The fourth-order valence-electron chi connectivity index (χ4n) is 3.33. The number of amides is 1. The van der Waals surface area contributed by atoms with Gasteiger partial charge in [0.05, 0.1) is 9.80 Å². The van der Waals surface area contributed by atoms with Crippen molar-refractivity contribution in [2.24, 2.45) is 0 Å². The Balaban J connectivity index is 1.41. The Bertz CT molecular complexity index is 1090. The second-order valence-corrected chi connectivity index (χ2v) is 7.86. The molecule has 1 fully saturated rings. The summed E-state index contributed by atoms with van der Waals surface area (Å²) in [4.78, 5) is 25.5. The molecule has 0 N–H and O–H groups in total. The predicted molar refractivity (Wildman–Crippen MR) is 104 cm³/mol. The van der Waals surface area contributed by atoms with Gasteiger partial charge in [0.1, 0.15) is 11.9 Å². The van der Waals surface area contributed by atoms with Crippen molar-refractivity contribution in [3.63, 3.8) is 0 Å². The summed E-state index contributed by atoms with van der Waals surface area (Å²) in [5.41, 5.74) is -0.0136. The Morgan fingerprint density at radius 2 is 1.90 bits per heavy atom. The van der Waals surface area contributed by atoms with Crippen molar-refractivity contribution in [3.05, 3.63) is 69.1 Å². The van der Waals surface area contributed by atoms with Gasteiger partial charge in [-0.25, -0.2) is 8.78 Å². The standard InChI is InChI=1S/C20H16F2N2O4S/c21-13-1-3-17(16(22)11-13)28-15-5-7-23(8-6-15)20(25)19-10-12-9-14(24(26)27)2-4-18(12)29-19/h1-4,9-11,15H,5-8H2. The van der Waals surface area contributed by atoms with E-state index in [1.54, 1.807) is 17.0 Å². The number of fused-ring (bicyclic) bond motifs is 1. The normalized spacial score (nSPS) is 14.9. The van der Waals surface area contributed by atoms with Crippen molar-refractivity contribution in [3.8, 4) is 5.75 Å². The maximum atomic E-state index is 13.7. The van der Waals surface area contributed by atoms with Crippen molar-refractivity contribution in [2.75, 3.05) is 13.1 Å². The molecule has 3 aromatic rings. The molecule has 9 heteroatoms. The molecule has 0 unspecified atom stereocenters. The highest BCUT2D eigenvalue weighted by Gasteiger charge is 2.26. The minimum absolute atomic E-state index is 0.00211. The number of hydrogen-bond donors (Lipinski definition) is 0. The fraction of sp³-hybridized carbons (Fsp3) is 0.250. The van der Waals surface area contributed by atoms with Crippen LogP contribution in [0.3, 0.4) is 0 Å². The highest BCUT2D eigenvalue weighted by molar-refractivity contribution is 7.20. The largest absolute Gasteiger partial charge is 0.487 e. The van der Waals surface area contributed by atoms with E-state index in [2.05, 4.69) is 0 Å². The molecule has 1 saturated heterocycles. The van der Waals surface area contributed by atoms with E-state index in [0.717, 1.165) is 16.8 Å². The second-order valence-electron chi connectivity index (χ2n) is 6.77. The molecule has 2 heterocycles. The zero-order valence-electron chi connectivity index (χ0n) is 15.1. The van der Waals surface area contributed by atoms with Crippen molar-refractivity contribution in [1.82, 2.24) is 4.90 Å². The van der Waals surface area contributed by atoms with Gasteiger partial charge in [-0.2, -0.15) is 0 Å². The first-order valence-corrected chi connectivity index (χ1v) is 9.81. The molecule has 0 bridgehead atoms. The van der Waals surface area contributed by atoms with Crippen LogP contribution in [0.5, 0.6) is 5.75 Å². The molecule has 29 heavy (non-hydrogen) atoms. The number of carbonyl (C=O) groups excluding carboxylic acids is 1. The van der Waals surface area contributed by atoms with Gasteiger partial charge < -0.3 is 9.64 Å². The number of rotatable bonds is 4. The van der Waals surface area contributed by atoms with E-state index in [1.165, 1.54) is 29.5 Å². The van der Waals surface area contributed by atoms with Gasteiger partial charge in [-0.3, -0.25) is 14.9 Å². The van der Waals surface area contributed by atoms with Crippen LogP contribution < -0.4 is 4.74 Å². The van der Waals surface area contributed by atoms with Gasteiger partial charge in [0.15, 0.2) is 11.6 Å². The third kappa shape index (κ3) is 4.04. The molecule has 0 spiro atoms. The fourth-order valence-corrected chi connectivity index (χ4v) is 4.34. The van der Waals surface area contributed by atoms with Gasteiger partial charge in [0.2, 0.25) is 0 Å². The van der Waals surface area contributed by atoms with Crippen LogP contribution in [0.2, 0.25) is 0 Å². The number of carbonyl (C=O) groups is 1. The van der Waals surface area contributed by atoms with Crippen molar-refractivity contribution < 1.29 is 23.2 Å². The predicted octanol–water partition coefficient (Wildman–Crippen LogP) is 4.77. The Kier molecular flexibility index (Phi) is 5.14. The molecule has 0 atom stereocenters. The topological polar surface area (TPSA) is 72.7 Å². The first-order chi connectivity index (χ1) is 13.9. The smallest absolute Gasteiger partial charge is 0.270 e. The van der Waals surface area contributed by atoms with Crippen molar-refractivity contribution in [2.45, 2.75) is 18.9 Å². The average molecular weight is 418 g/mol. The number of thiophene rings is 1. The van der Waals surface area contributed by atoms with Gasteiger partial charge in [0.25, 0.3) is 11.6 Å². The third-order valence-corrected chi connectivity index (χ3v) is 5.94. The van der Waals surface area contributed by atoms with Gasteiger partial charge >= 0.3 is 0 Å². The van der Waals surface area contributed by atoms with Gasteiger partial charge in [-0.05, 0) is 24.3 Å². The quantitative estimate of drug-likeness (QED) is 0.452. The minimum Gasteiger partial charge on any atom is -0.487 e. The monoisotopic (exact) mass is 418 g/mol. The molecule has 150 valence electrons. The Morgan fingerprint density at radius 1 is 1.14 bits per heavy atom. The van der Waals surface area contributed by atoms with Crippen LogP contribution >= 0.6 is 11.3 Å². The molecule has 1 aromatic heterocycles. The van der Waals surface area contributed by atoms with Crippen LogP contribution in [0, 0.1) is 21.7 Å². The maximum absolute atomic E-state index is 13.7. The van der Waals surface area contributed by atoms with Crippen LogP contribution in [0.4, 0.5) is 14.5 Å².